The van der Waals surface area contributed by atoms with E-state index in [1.807, 2.05) is 35.2 Å². The van der Waals surface area contributed by atoms with Crippen LogP contribution < -0.4 is 5.32 Å². The van der Waals surface area contributed by atoms with E-state index < -0.39 is 0 Å². The maximum absolute atomic E-state index is 13.7. The van der Waals surface area contributed by atoms with Crippen molar-refractivity contribution in [1.29, 1.82) is 0 Å². The first kappa shape index (κ1) is 21.0. The number of fused-ring (bicyclic) bond motifs is 1. The van der Waals surface area contributed by atoms with Gasteiger partial charge in [0.05, 0.1) is 5.52 Å². The van der Waals surface area contributed by atoms with Crippen LogP contribution >= 0.6 is 0 Å². The van der Waals surface area contributed by atoms with Gasteiger partial charge >= 0.3 is 0 Å². The van der Waals surface area contributed by atoms with Gasteiger partial charge in [-0.25, -0.2) is 4.39 Å². The SMILES string of the molecule is O=C(CCC1CCCN(C(=O)c2ccc3ncccc3c2)C1)NCc1ccccc1F. The lowest BCUT2D eigenvalue weighted by molar-refractivity contribution is -0.121. The number of amides is 2. The van der Waals surface area contributed by atoms with Gasteiger partial charge in [-0.3, -0.25) is 14.6 Å². The molecule has 3 aromatic rings. The molecule has 2 amide bonds. The topological polar surface area (TPSA) is 62.3 Å². The predicted octanol–water partition coefficient (Wildman–Crippen LogP) is 4.32. The Kier molecular flexibility index (Phi) is 6.55. The van der Waals surface area contributed by atoms with E-state index in [4.69, 9.17) is 0 Å². The van der Waals surface area contributed by atoms with Gasteiger partial charge in [-0.2, -0.15) is 0 Å². The lowest BCUT2D eigenvalue weighted by Crippen LogP contribution is -2.40. The van der Waals surface area contributed by atoms with Crippen LogP contribution in [0.15, 0.2) is 60.8 Å². The minimum absolute atomic E-state index is 0.0273. The summed E-state index contributed by atoms with van der Waals surface area (Å²) < 4.78 is 13.7. The summed E-state index contributed by atoms with van der Waals surface area (Å²) in [7, 11) is 0. The summed E-state index contributed by atoms with van der Waals surface area (Å²) >= 11 is 0. The lowest BCUT2D eigenvalue weighted by Gasteiger charge is -2.33. The Hall–Kier alpha value is -3.28. The van der Waals surface area contributed by atoms with Gasteiger partial charge < -0.3 is 10.2 Å². The summed E-state index contributed by atoms with van der Waals surface area (Å²) in [6.07, 6.45) is 4.78. The van der Waals surface area contributed by atoms with Crippen molar-refractivity contribution in [1.82, 2.24) is 15.2 Å². The zero-order valence-corrected chi connectivity index (χ0v) is 17.4. The average molecular weight is 420 g/mol. The summed E-state index contributed by atoms with van der Waals surface area (Å²) in [5, 5.41) is 3.74. The fourth-order valence-electron chi connectivity index (χ4n) is 4.14. The fraction of sp³-hybridized carbons (Fsp3) is 0.320. The molecule has 31 heavy (non-hydrogen) atoms. The highest BCUT2D eigenvalue weighted by atomic mass is 19.1. The molecule has 2 heterocycles. The van der Waals surface area contributed by atoms with Gasteiger partial charge in [-0.1, -0.05) is 24.3 Å². The molecule has 1 fully saturated rings. The van der Waals surface area contributed by atoms with Crippen molar-refractivity contribution < 1.29 is 14.0 Å². The molecule has 1 saturated heterocycles. The molecule has 6 heteroatoms. The standard InChI is InChI=1S/C25H26FN3O2/c26-22-8-2-1-6-21(22)16-28-24(30)12-9-18-5-4-14-29(17-18)25(31)20-10-11-23-19(15-20)7-3-13-27-23/h1-3,6-8,10-11,13,15,18H,4-5,9,12,14,16-17H2,(H,28,30). The van der Waals surface area contributed by atoms with Crippen molar-refractivity contribution >= 4 is 22.7 Å². The number of piperidine rings is 1. The van der Waals surface area contributed by atoms with Crippen molar-refractivity contribution in [3.63, 3.8) is 0 Å². The molecular weight excluding hydrogens is 393 g/mol. The van der Waals surface area contributed by atoms with Crippen LogP contribution in [-0.4, -0.2) is 34.8 Å². The molecule has 0 aliphatic carbocycles. The third kappa shape index (κ3) is 5.26. The molecule has 0 spiro atoms. The highest BCUT2D eigenvalue weighted by Crippen LogP contribution is 2.23. The van der Waals surface area contributed by atoms with Gasteiger partial charge in [0.15, 0.2) is 0 Å². The summed E-state index contributed by atoms with van der Waals surface area (Å²) in [6.45, 7) is 1.59. The molecule has 1 unspecified atom stereocenters. The van der Waals surface area contributed by atoms with Gasteiger partial charge in [0.2, 0.25) is 5.91 Å². The van der Waals surface area contributed by atoms with E-state index in [1.54, 1.807) is 24.4 Å². The number of pyridine rings is 1. The molecule has 160 valence electrons. The van der Waals surface area contributed by atoms with Crippen LogP contribution in [0.3, 0.4) is 0 Å². The summed E-state index contributed by atoms with van der Waals surface area (Å²) in [4.78, 5) is 31.4. The molecule has 2 aromatic carbocycles. The molecule has 0 bridgehead atoms. The molecule has 4 rings (SSSR count). The Labute approximate surface area is 181 Å². The highest BCUT2D eigenvalue weighted by Gasteiger charge is 2.25. The summed E-state index contributed by atoms with van der Waals surface area (Å²) in [6, 6.07) is 15.9. The maximum atomic E-state index is 13.7. The van der Waals surface area contributed by atoms with Gasteiger partial charge in [0.25, 0.3) is 5.91 Å². The van der Waals surface area contributed by atoms with Crippen molar-refractivity contribution in [2.24, 2.45) is 5.92 Å². The van der Waals surface area contributed by atoms with Crippen LogP contribution in [0.1, 0.15) is 41.6 Å². The van der Waals surface area contributed by atoms with E-state index in [2.05, 4.69) is 10.3 Å². The number of carbonyl (C=O) groups excluding carboxylic acids is 2. The molecule has 1 N–H and O–H groups in total. The van der Waals surface area contributed by atoms with E-state index in [1.165, 1.54) is 6.07 Å². The zero-order chi connectivity index (χ0) is 21.6. The minimum atomic E-state index is -0.311. The molecule has 1 aliphatic heterocycles. The first-order chi connectivity index (χ1) is 15.1. The Morgan fingerprint density at radius 2 is 2.00 bits per heavy atom. The second kappa shape index (κ2) is 9.69. The van der Waals surface area contributed by atoms with Crippen molar-refractivity contribution in [2.45, 2.75) is 32.2 Å². The van der Waals surface area contributed by atoms with Crippen molar-refractivity contribution in [3.05, 3.63) is 77.7 Å². The number of nitrogens with one attached hydrogen (secondary N) is 1. The van der Waals surface area contributed by atoms with Gasteiger partial charge in [-0.05, 0) is 55.5 Å². The number of halogens is 1. The molecule has 0 radical (unpaired) electrons. The normalized spacial score (nSPS) is 16.3. The first-order valence-electron chi connectivity index (χ1n) is 10.7. The molecule has 1 aromatic heterocycles. The Bertz CT molecular complexity index is 1090. The van der Waals surface area contributed by atoms with Crippen LogP contribution in [-0.2, 0) is 11.3 Å². The Balaban J connectivity index is 1.29. The number of nitrogens with zero attached hydrogens (tertiary/aromatic N) is 2. The third-order valence-corrected chi connectivity index (χ3v) is 5.87. The molecular formula is C25H26FN3O2. The first-order valence-corrected chi connectivity index (χ1v) is 10.7. The number of likely N-dealkylation sites (tertiary alicyclic amines) is 1. The van der Waals surface area contributed by atoms with Crippen LogP contribution in [0, 0.1) is 11.7 Å². The van der Waals surface area contributed by atoms with Crippen LogP contribution in [0.25, 0.3) is 10.9 Å². The second-order valence-electron chi connectivity index (χ2n) is 8.08. The average Bonchev–Trinajstić information content (AvgIpc) is 2.81. The quantitative estimate of drug-likeness (QED) is 0.647. The Morgan fingerprint density at radius 1 is 1.13 bits per heavy atom. The highest BCUT2D eigenvalue weighted by molar-refractivity contribution is 5.98. The van der Waals surface area contributed by atoms with Crippen LogP contribution in [0.5, 0.6) is 0 Å². The van der Waals surface area contributed by atoms with Crippen molar-refractivity contribution in [2.75, 3.05) is 13.1 Å². The number of hydrogen-bond acceptors (Lipinski definition) is 3. The molecule has 5 nitrogen and oxygen atoms in total. The number of carbonyl (C=O) groups is 2. The molecule has 0 saturated carbocycles. The number of aromatic nitrogens is 1. The number of benzene rings is 2. The lowest BCUT2D eigenvalue weighted by atomic mass is 9.92. The maximum Gasteiger partial charge on any atom is 0.253 e. The fourth-order valence-corrected chi connectivity index (χ4v) is 4.14. The molecule has 1 aliphatic rings. The minimum Gasteiger partial charge on any atom is -0.352 e. The van der Waals surface area contributed by atoms with Crippen LogP contribution in [0.2, 0.25) is 0 Å². The monoisotopic (exact) mass is 419 g/mol. The largest absolute Gasteiger partial charge is 0.352 e. The second-order valence-corrected chi connectivity index (χ2v) is 8.08. The summed E-state index contributed by atoms with van der Waals surface area (Å²) in [5.41, 5.74) is 2.02. The number of rotatable bonds is 6. The van der Waals surface area contributed by atoms with Gasteiger partial charge in [0.1, 0.15) is 5.82 Å². The third-order valence-electron chi connectivity index (χ3n) is 5.87. The molecule has 1 atom stereocenters. The Morgan fingerprint density at radius 3 is 2.87 bits per heavy atom. The summed E-state index contributed by atoms with van der Waals surface area (Å²) in [5.74, 6) is -0.0825. The van der Waals surface area contributed by atoms with Crippen molar-refractivity contribution in [3.8, 4) is 0 Å². The van der Waals surface area contributed by atoms with E-state index in [0.29, 0.717) is 36.4 Å². The van der Waals surface area contributed by atoms with Gasteiger partial charge in [0, 0.05) is 48.8 Å². The van der Waals surface area contributed by atoms with E-state index in [0.717, 1.165) is 30.3 Å². The van der Waals surface area contributed by atoms with E-state index in [9.17, 15) is 14.0 Å². The zero-order valence-electron chi connectivity index (χ0n) is 17.4. The smallest absolute Gasteiger partial charge is 0.253 e. The van der Waals surface area contributed by atoms with E-state index in [-0.39, 0.29) is 24.2 Å². The van der Waals surface area contributed by atoms with E-state index >= 15 is 0 Å². The van der Waals surface area contributed by atoms with Crippen LogP contribution in [0.4, 0.5) is 4.39 Å². The predicted molar refractivity (Wildman–Crippen MR) is 118 cm³/mol. The number of hydrogen-bond donors (Lipinski definition) is 1. The van der Waals surface area contributed by atoms with Gasteiger partial charge in [-0.15, -0.1) is 0 Å².